The molecule has 0 radical (unpaired) electrons. The minimum atomic E-state index is -0.416. The average molecular weight is 174 g/mol. The van der Waals surface area contributed by atoms with Crippen LogP contribution in [0.5, 0.6) is 0 Å². The van der Waals surface area contributed by atoms with Crippen molar-refractivity contribution in [1.82, 2.24) is 0 Å². The number of ether oxygens (including phenoxy) is 1. The maximum atomic E-state index is 10.1. The number of hydrogen-bond acceptors (Lipinski definition) is 4. The number of esters is 1. The van der Waals surface area contributed by atoms with Gasteiger partial charge in [0, 0.05) is 6.92 Å². The Morgan fingerprint density at radius 3 is 1.42 bits per heavy atom. The molecule has 0 unspecified atom stereocenters. The van der Waals surface area contributed by atoms with Gasteiger partial charge in [0.2, 0.25) is 0 Å². The Morgan fingerprint density at radius 2 is 1.33 bits per heavy atom. The van der Waals surface area contributed by atoms with Crippen molar-refractivity contribution in [3.05, 3.63) is 0 Å². The van der Waals surface area contributed by atoms with Crippen molar-refractivity contribution in [2.75, 3.05) is 6.61 Å². The van der Waals surface area contributed by atoms with Crippen molar-refractivity contribution in [3.8, 4) is 0 Å². The van der Waals surface area contributed by atoms with Crippen LogP contribution in [-0.4, -0.2) is 24.1 Å². The molecule has 0 aromatic heterocycles. The highest BCUT2D eigenvalue weighted by molar-refractivity contribution is 5.79. The first-order valence-corrected chi connectivity index (χ1v) is 3.46. The van der Waals surface area contributed by atoms with Gasteiger partial charge in [0.15, 0.2) is 5.78 Å². The Balaban J connectivity index is 0. The summed E-state index contributed by atoms with van der Waals surface area (Å²) in [5.41, 5.74) is 0. The zero-order chi connectivity index (χ0) is 10.1. The van der Waals surface area contributed by atoms with Crippen molar-refractivity contribution in [1.29, 1.82) is 0 Å². The number of Topliss-reactive ketones (excluding diaryl/α,β-unsaturated/α-hetero) is 2. The lowest BCUT2D eigenvalue weighted by molar-refractivity contribution is -0.145. The van der Waals surface area contributed by atoms with Gasteiger partial charge in [-0.05, 0) is 20.8 Å². The van der Waals surface area contributed by atoms with Crippen molar-refractivity contribution >= 4 is 17.5 Å². The van der Waals surface area contributed by atoms with Crippen LogP contribution < -0.4 is 0 Å². The highest BCUT2D eigenvalue weighted by Crippen LogP contribution is 1.75. The normalized spacial score (nSPS) is 7.67. The second kappa shape index (κ2) is 7.91. The van der Waals surface area contributed by atoms with E-state index in [2.05, 4.69) is 4.74 Å². The molecule has 0 aliphatic rings. The highest BCUT2D eigenvalue weighted by atomic mass is 16.5. The fourth-order valence-corrected chi connectivity index (χ4v) is 0.203. The van der Waals surface area contributed by atoms with Crippen LogP contribution in [0, 0.1) is 0 Å². The predicted octanol–water partition coefficient (Wildman–Crippen LogP) is 0.734. The molecule has 0 aromatic rings. The SMILES string of the molecule is CC(=O)COC(C)=O.CC(C)=O. The number of hydrogen-bond donors (Lipinski definition) is 0. The van der Waals surface area contributed by atoms with E-state index in [4.69, 9.17) is 0 Å². The monoisotopic (exact) mass is 174 g/mol. The molecule has 0 heterocycles. The molecule has 0 amide bonds. The largest absolute Gasteiger partial charge is 0.458 e. The zero-order valence-corrected chi connectivity index (χ0v) is 7.84. The molecule has 0 saturated carbocycles. The van der Waals surface area contributed by atoms with Gasteiger partial charge >= 0.3 is 5.97 Å². The van der Waals surface area contributed by atoms with Crippen LogP contribution in [-0.2, 0) is 19.1 Å². The summed E-state index contributed by atoms with van der Waals surface area (Å²) in [7, 11) is 0. The van der Waals surface area contributed by atoms with Gasteiger partial charge in [-0.1, -0.05) is 0 Å². The summed E-state index contributed by atoms with van der Waals surface area (Å²) in [6.07, 6.45) is 0. The highest BCUT2D eigenvalue weighted by Gasteiger charge is 1.94. The Kier molecular flexibility index (Phi) is 8.84. The van der Waals surface area contributed by atoms with Gasteiger partial charge in [0.1, 0.15) is 12.4 Å². The standard InChI is InChI=1S/C5H8O3.C3H6O/c1-4(6)3-8-5(2)7;1-3(2)4/h3H2,1-2H3;1-2H3. The summed E-state index contributed by atoms with van der Waals surface area (Å²) < 4.78 is 4.31. The molecule has 0 fully saturated rings. The molecule has 0 spiro atoms. The maximum Gasteiger partial charge on any atom is 0.303 e. The van der Waals surface area contributed by atoms with Gasteiger partial charge in [-0.2, -0.15) is 0 Å². The molecule has 12 heavy (non-hydrogen) atoms. The lowest BCUT2D eigenvalue weighted by Crippen LogP contribution is -2.07. The second-order valence-electron chi connectivity index (χ2n) is 2.39. The molecule has 4 heteroatoms. The Morgan fingerprint density at radius 1 is 1.00 bits per heavy atom. The molecule has 0 saturated heterocycles. The summed E-state index contributed by atoms with van der Waals surface area (Å²) in [6, 6.07) is 0. The number of rotatable bonds is 2. The first-order valence-electron chi connectivity index (χ1n) is 3.46. The molecule has 0 aromatic carbocycles. The molecule has 0 aliphatic heterocycles. The number of carbonyl (C=O) groups excluding carboxylic acids is 3. The van der Waals surface area contributed by atoms with E-state index >= 15 is 0 Å². The van der Waals surface area contributed by atoms with E-state index in [0.29, 0.717) is 0 Å². The third-order valence-electron chi connectivity index (χ3n) is 0.479. The summed E-state index contributed by atoms with van der Waals surface area (Å²) in [5, 5.41) is 0. The van der Waals surface area contributed by atoms with Crippen molar-refractivity contribution in [2.45, 2.75) is 27.7 Å². The molecular weight excluding hydrogens is 160 g/mol. The van der Waals surface area contributed by atoms with Crippen molar-refractivity contribution < 1.29 is 19.1 Å². The van der Waals surface area contributed by atoms with Crippen LogP contribution >= 0.6 is 0 Å². The lowest BCUT2D eigenvalue weighted by atomic mass is 10.5. The van der Waals surface area contributed by atoms with Crippen LogP contribution in [0.4, 0.5) is 0 Å². The molecule has 0 atom stereocenters. The van der Waals surface area contributed by atoms with Crippen LogP contribution in [0.3, 0.4) is 0 Å². The van der Waals surface area contributed by atoms with E-state index in [-0.39, 0.29) is 18.2 Å². The number of carbonyl (C=O) groups is 3. The summed E-state index contributed by atoms with van der Waals surface area (Å²) in [5.74, 6) is -0.389. The molecule has 0 aliphatic carbocycles. The van der Waals surface area contributed by atoms with Gasteiger partial charge in [-0.3, -0.25) is 9.59 Å². The zero-order valence-electron chi connectivity index (χ0n) is 7.84. The molecule has 70 valence electrons. The van der Waals surface area contributed by atoms with E-state index in [0.717, 1.165) is 0 Å². The van der Waals surface area contributed by atoms with Gasteiger partial charge < -0.3 is 9.53 Å². The van der Waals surface area contributed by atoms with Crippen LogP contribution in [0.15, 0.2) is 0 Å². The van der Waals surface area contributed by atoms with E-state index in [1.54, 1.807) is 0 Å². The topological polar surface area (TPSA) is 60.4 Å². The Labute approximate surface area is 71.9 Å². The fraction of sp³-hybridized carbons (Fsp3) is 0.625. The van der Waals surface area contributed by atoms with Gasteiger partial charge in [-0.25, -0.2) is 0 Å². The smallest absolute Gasteiger partial charge is 0.303 e. The molecule has 4 nitrogen and oxygen atoms in total. The van der Waals surface area contributed by atoms with E-state index in [1.807, 2.05) is 0 Å². The summed E-state index contributed by atoms with van der Waals surface area (Å²) in [6.45, 7) is 5.58. The van der Waals surface area contributed by atoms with Crippen LogP contribution in [0.1, 0.15) is 27.7 Å². The quantitative estimate of drug-likeness (QED) is 0.579. The van der Waals surface area contributed by atoms with Crippen molar-refractivity contribution in [3.63, 3.8) is 0 Å². The summed E-state index contributed by atoms with van der Waals surface area (Å²) >= 11 is 0. The third-order valence-corrected chi connectivity index (χ3v) is 0.479. The Bertz CT molecular complexity index is 154. The molecule has 0 rings (SSSR count). The minimum absolute atomic E-state index is 0.102. The Hall–Kier alpha value is -1.19. The van der Waals surface area contributed by atoms with Crippen LogP contribution in [0.2, 0.25) is 0 Å². The van der Waals surface area contributed by atoms with E-state index in [9.17, 15) is 14.4 Å². The molecular formula is C8H14O4. The number of ketones is 2. The lowest BCUT2D eigenvalue weighted by Gasteiger charge is -1.93. The van der Waals surface area contributed by atoms with Crippen molar-refractivity contribution in [2.24, 2.45) is 0 Å². The van der Waals surface area contributed by atoms with E-state index in [1.165, 1.54) is 27.7 Å². The second-order valence-corrected chi connectivity index (χ2v) is 2.39. The predicted molar refractivity (Wildman–Crippen MR) is 43.7 cm³/mol. The maximum absolute atomic E-state index is 10.1. The minimum Gasteiger partial charge on any atom is -0.458 e. The van der Waals surface area contributed by atoms with Crippen LogP contribution in [0.25, 0.3) is 0 Å². The molecule has 0 bridgehead atoms. The van der Waals surface area contributed by atoms with Gasteiger partial charge in [0.25, 0.3) is 0 Å². The van der Waals surface area contributed by atoms with E-state index < -0.39 is 5.97 Å². The van der Waals surface area contributed by atoms with Gasteiger partial charge in [-0.15, -0.1) is 0 Å². The third kappa shape index (κ3) is 37.0. The first kappa shape index (κ1) is 13.4. The average Bonchev–Trinajstić information content (AvgIpc) is 1.82. The van der Waals surface area contributed by atoms with Gasteiger partial charge in [0.05, 0.1) is 0 Å². The summed E-state index contributed by atoms with van der Waals surface area (Å²) in [4.78, 5) is 29.5. The first-order chi connectivity index (χ1) is 5.36. The molecule has 0 N–H and O–H groups in total. The fourth-order valence-electron chi connectivity index (χ4n) is 0.203.